The van der Waals surface area contributed by atoms with Crippen molar-refractivity contribution in [2.45, 2.75) is 76.5 Å². The zero-order valence-electron chi connectivity index (χ0n) is 23.8. The summed E-state index contributed by atoms with van der Waals surface area (Å²) in [6.45, 7) is 1.41. The van der Waals surface area contributed by atoms with Gasteiger partial charge in [-0.2, -0.15) is 0 Å². The van der Waals surface area contributed by atoms with Crippen LogP contribution in [0.5, 0.6) is 0 Å². The molecule has 8 heteroatoms. The molecule has 2 aromatic carbocycles. The first-order valence-electron chi connectivity index (χ1n) is 14.6. The average Bonchev–Trinajstić information content (AvgIpc) is 3.31. The summed E-state index contributed by atoms with van der Waals surface area (Å²) < 4.78 is 42.7. The molecule has 2 aliphatic rings. The van der Waals surface area contributed by atoms with Crippen molar-refractivity contribution in [3.05, 3.63) is 83.7 Å². The number of esters is 2. The molecule has 2 aromatic rings. The van der Waals surface area contributed by atoms with Crippen LogP contribution in [-0.4, -0.2) is 50.8 Å². The Balaban J connectivity index is 1.47. The van der Waals surface area contributed by atoms with Crippen molar-refractivity contribution in [2.24, 2.45) is 11.8 Å². The lowest BCUT2D eigenvalue weighted by molar-refractivity contribution is -0.199. The molecule has 0 N–H and O–H groups in total. The zero-order valence-corrected chi connectivity index (χ0v) is 23.8. The van der Waals surface area contributed by atoms with Crippen LogP contribution in [0, 0.1) is 17.7 Å². The van der Waals surface area contributed by atoms with E-state index in [4.69, 9.17) is 23.7 Å². The van der Waals surface area contributed by atoms with Crippen LogP contribution in [-0.2, 0) is 35.1 Å². The first-order valence-corrected chi connectivity index (χ1v) is 14.6. The van der Waals surface area contributed by atoms with Gasteiger partial charge in [0.2, 0.25) is 0 Å². The number of benzene rings is 2. The molecule has 0 amide bonds. The van der Waals surface area contributed by atoms with Gasteiger partial charge in [-0.05, 0) is 68.4 Å². The van der Waals surface area contributed by atoms with Gasteiger partial charge in [-0.15, -0.1) is 0 Å². The molecule has 2 fully saturated rings. The summed E-state index contributed by atoms with van der Waals surface area (Å²) in [7, 11) is 1.39. The van der Waals surface area contributed by atoms with Crippen molar-refractivity contribution in [1.29, 1.82) is 0 Å². The van der Waals surface area contributed by atoms with Crippen LogP contribution in [0.4, 0.5) is 4.39 Å². The molecular formula is C33H41FO7. The fourth-order valence-electron chi connectivity index (χ4n) is 5.50. The maximum Gasteiger partial charge on any atom is 0.338 e. The summed E-state index contributed by atoms with van der Waals surface area (Å²) in [6, 6.07) is 15.3. The highest BCUT2D eigenvalue weighted by atomic mass is 19.1. The summed E-state index contributed by atoms with van der Waals surface area (Å²) in [5.41, 5.74) is 1.39. The fourth-order valence-corrected chi connectivity index (χ4v) is 5.50. The van der Waals surface area contributed by atoms with E-state index in [9.17, 15) is 14.0 Å². The van der Waals surface area contributed by atoms with Crippen molar-refractivity contribution < 1.29 is 37.7 Å². The SMILES string of the molecule is COC(=O)CCC/C=C\C[C@H]1[C@H](COCc2ccc(F)cc2)[C@H](OC2CCCCO2)C[C@H]1OC(=O)c1ccccc1. The lowest BCUT2D eigenvalue weighted by Crippen LogP contribution is -2.33. The maximum atomic E-state index is 13.4. The van der Waals surface area contributed by atoms with E-state index in [1.807, 2.05) is 18.2 Å². The Morgan fingerprint density at radius 1 is 1.00 bits per heavy atom. The van der Waals surface area contributed by atoms with E-state index in [1.54, 1.807) is 24.3 Å². The molecule has 1 saturated carbocycles. The van der Waals surface area contributed by atoms with Crippen molar-refractivity contribution in [1.82, 2.24) is 0 Å². The Morgan fingerprint density at radius 2 is 1.80 bits per heavy atom. The van der Waals surface area contributed by atoms with Crippen LogP contribution >= 0.6 is 0 Å². The summed E-state index contributed by atoms with van der Waals surface area (Å²) in [5, 5.41) is 0. The topological polar surface area (TPSA) is 80.3 Å². The normalized spacial score (nSPS) is 24.4. The second kappa shape index (κ2) is 16.4. The van der Waals surface area contributed by atoms with E-state index in [2.05, 4.69) is 12.2 Å². The second-order valence-corrected chi connectivity index (χ2v) is 10.7. The van der Waals surface area contributed by atoms with Crippen LogP contribution in [0.2, 0.25) is 0 Å². The quantitative estimate of drug-likeness (QED) is 0.148. The van der Waals surface area contributed by atoms with E-state index in [-0.39, 0.29) is 48.1 Å². The van der Waals surface area contributed by atoms with Crippen molar-refractivity contribution >= 4 is 11.9 Å². The summed E-state index contributed by atoms with van der Waals surface area (Å²) in [6.07, 6.45) is 9.24. The molecule has 1 aliphatic carbocycles. The highest BCUT2D eigenvalue weighted by Gasteiger charge is 2.46. The predicted molar refractivity (Wildman–Crippen MR) is 151 cm³/mol. The molecule has 5 atom stereocenters. The molecular weight excluding hydrogens is 527 g/mol. The Hall–Kier alpha value is -3.07. The molecule has 1 saturated heterocycles. The first-order chi connectivity index (χ1) is 20.0. The first kappa shape index (κ1) is 30.9. The monoisotopic (exact) mass is 568 g/mol. The molecule has 0 radical (unpaired) electrons. The molecule has 4 rings (SSSR count). The van der Waals surface area contributed by atoms with Gasteiger partial charge in [-0.1, -0.05) is 42.5 Å². The van der Waals surface area contributed by atoms with Gasteiger partial charge in [-0.25, -0.2) is 9.18 Å². The van der Waals surface area contributed by atoms with Gasteiger partial charge in [0.1, 0.15) is 11.9 Å². The lowest BCUT2D eigenvalue weighted by Gasteiger charge is -2.30. The van der Waals surface area contributed by atoms with Crippen molar-refractivity contribution in [3.63, 3.8) is 0 Å². The number of rotatable bonds is 14. The highest BCUT2D eigenvalue weighted by molar-refractivity contribution is 5.89. The van der Waals surface area contributed by atoms with Gasteiger partial charge in [0, 0.05) is 31.3 Å². The number of carbonyl (C=O) groups excluding carboxylic acids is 2. The van der Waals surface area contributed by atoms with E-state index < -0.39 is 0 Å². The third-order valence-corrected chi connectivity index (χ3v) is 7.75. The molecule has 1 unspecified atom stereocenters. The van der Waals surface area contributed by atoms with Crippen LogP contribution in [0.1, 0.15) is 67.3 Å². The van der Waals surface area contributed by atoms with E-state index in [0.29, 0.717) is 51.1 Å². The van der Waals surface area contributed by atoms with E-state index >= 15 is 0 Å². The van der Waals surface area contributed by atoms with Gasteiger partial charge in [0.15, 0.2) is 6.29 Å². The third-order valence-electron chi connectivity index (χ3n) is 7.75. The van der Waals surface area contributed by atoms with Crippen molar-refractivity contribution in [3.8, 4) is 0 Å². The number of carbonyl (C=O) groups is 2. The number of unbranched alkanes of at least 4 members (excludes halogenated alkanes) is 1. The molecule has 1 heterocycles. The minimum absolute atomic E-state index is 0.0404. The van der Waals surface area contributed by atoms with Gasteiger partial charge in [-0.3, -0.25) is 4.79 Å². The number of ether oxygens (including phenoxy) is 5. The van der Waals surface area contributed by atoms with Gasteiger partial charge < -0.3 is 23.7 Å². The molecule has 0 bridgehead atoms. The smallest absolute Gasteiger partial charge is 0.338 e. The van der Waals surface area contributed by atoms with Crippen molar-refractivity contribution in [2.75, 3.05) is 20.3 Å². The van der Waals surface area contributed by atoms with Gasteiger partial charge in [0.05, 0.1) is 32.0 Å². The van der Waals surface area contributed by atoms with E-state index in [1.165, 1.54) is 19.2 Å². The number of methoxy groups -OCH3 is 1. The summed E-state index contributed by atoms with van der Waals surface area (Å²) in [4.78, 5) is 24.5. The fraction of sp³-hybridized carbons (Fsp3) is 0.515. The summed E-state index contributed by atoms with van der Waals surface area (Å²) >= 11 is 0. The zero-order chi connectivity index (χ0) is 28.9. The van der Waals surface area contributed by atoms with Gasteiger partial charge in [0.25, 0.3) is 0 Å². The van der Waals surface area contributed by atoms with E-state index in [0.717, 1.165) is 31.2 Å². The van der Waals surface area contributed by atoms with Crippen LogP contribution in [0.3, 0.4) is 0 Å². The minimum atomic E-state index is -0.365. The molecule has 0 spiro atoms. The third kappa shape index (κ3) is 9.76. The molecule has 1 aliphatic heterocycles. The average molecular weight is 569 g/mol. The second-order valence-electron chi connectivity index (χ2n) is 10.7. The lowest BCUT2D eigenvalue weighted by atomic mass is 9.90. The van der Waals surface area contributed by atoms with Crippen LogP contribution < -0.4 is 0 Å². The molecule has 222 valence electrons. The maximum absolute atomic E-state index is 13.4. The molecule has 0 aromatic heterocycles. The van der Waals surface area contributed by atoms with Crippen LogP contribution in [0.25, 0.3) is 0 Å². The summed E-state index contributed by atoms with van der Waals surface area (Å²) in [5.74, 6) is -0.948. The minimum Gasteiger partial charge on any atom is -0.469 e. The Kier molecular flexibility index (Phi) is 12.3. The Bertz CT molecular complexity index is 1100. The number of halogens is 1. The number of hydrogen-bond acceptors (Lipinski definition) is 7. The standard InChI is InChI=1S/C33H41FO7/c1-37-31(35)14-8-3-2-7-13-27-28(23-38-22-24-16-18-26(34)19-17-24)30(40-32-15-9-10-20-39-32)21-29(27)41-33(36)25-11-5-4-6-12-25/h2,4-7,11-12,16-19,27-30,32H,3,8-10,13-15,20-23H2,1H3/b7-2-/t27-,28-,29+,30+,32?/m0/s1. The predicted octanol–water partition coefficient (Wildman–Crippen LogP) is 6.41. The Labute approximate surface area is 242 Å². The number of hydrogen-bond donors (Lipinski definition) is 0. The Morgan fingerprint density at radius 3 is 2.54 bits per heavy atom. The molecule has 41 heavy (non-hydrogen) atoms. The molecule has 7 nitrogen and oxygen atoms in total. The van der Waals surface area contributed by atoms with Gasteiger partial charge >= 0.3 is 11.9 Å². The number of allylic oxidation sites excluding steroid dienone is 2. The largest absolute Gasteiger partial charge is 0.469 e. The van der Waals surface area contributed by atoms with Crippen LogP contribution in [0.15, 0.2) is 66.7 Å². The highest BCUT2D eigenvalue weighted by Crippen LogP contribution is 2.41.